The molecule has 1 aromatic heterocycles. The van der Waals surface area contributed by atoms with Gasteiger partial charge in [-0.1, -0.05) is 45.9 Å². The molecule has 0 saturated carbocycles. The molecule has 4 heteroatoms. The van der Waals surface area contributed by atoms with Gasteiger partial charge in [0.15, 0.2) is 0 Å². The smallest absolute Gasteiger partial charge is 0.255 e. The Morgan fingerprint density at radius 2 is 1.41 bits per heavy atom. The topological polar surface area (TPSA) is 54.9 Å². The zero-order valence-corrected chi connectivity index (χ0v) is 16.9. The van der Waals surface area contributed by atoms with Crippen molar-refractivity contribution in [1.29, 1.82) is 0 Å². The van der Waals surface area contributed by atoms with Gasteiger partial charge in [0.1, 0.15) is 0 Å². The number of carbonyl (C=O) groups excluding carboxylic acids is 1. The zero-order chi connectivity index (χ0) is 19.7. The van der Waals surface area contributed by atoms with E-state index in [0.29, 0.717) is 17.4 Å². The third-order valence-corrected chi connectivity index (χ3v) is 4.95. The van der Waals surface area contributed by atoms with Gasteiger partial charge in [0.2, 0.25) is 0 Å². The Labute approximate surface area is 161 Å². The number of amides is 1. The molecule has 0 aliphatic rings. The number of rotatable bonds is 4. The van der Waals surface area contributed by atoms with E-state index in [1.165, 1.54) is 0 Å². The molecule has 0 aliphatic carbocycles. The van der Waals surface area contributed by atoms with Crippen LogP contribution in [-0.2, 0) is 0 Å². The van der Waals surface area contributed by atoms with E-state index in [0.717, 1.165) is 39.2 Å². The molecule has 0 fully saturated rings. The highest BCUT2D eigenvalue weighted by Gasteiger charge is 2.17. The summed E-state index contributed by atoms with van der Waals surface area (Å²) in [6, 6.07) is 11.7. The van der Waals surface area contributed by atoms with Crippen LogP contribution in [0.1, 0.15) is 72.4 Å². The largest absolute Gasteiger partial charge is 0.321 e. The lowest BCUT2D eigenvalue weighted by Gasteiger charge is -2.20. The number of carbonyl (C=O) groups is 1. The summed E-state index contributed by atoms with van der Waals surface area (Å²) >= 11 is 0. The predicted molar refractivity (Wildman–Crippen MR) is 112 cm³/mol. The van der Waals surface area contributed by atoms with Crippen molar-refractivity contribution in [2.75, 3.05) is 5.32 Å². The van der Waals surface area contributed by atoms with Gasteiger partial charge in [-0.2, -0.15) is 0 Å². The molecule has 2 aromatic carbocycles. The van der Waals surface area contributed by atoms with Crippen molar-refractivity contribution in [2.24, 2.45) is 0 Å². The van der Waals surface area contributed by atoms with Crippen LogP contribution in [0.5, 0.6) is 0 Å². The first kappa shape index (κ1) is 19.0. The molecular formula is C23H27N3O. The Balaban J connectivity index is 2.01. The molecule has 1 N–H and O–H groups in total. The number of fused-ring (bicyclic) bond motifs is 1. The van der Waals surface area contributed by atoms with Crippen LogP contribution in [0, 0.1) is 13.8 Å². The summed E-state index contributed by atoms with van der Waals surface area (Å²) in [5.74, 6) is 0.533. The minimum absolute atomic E-state index is 0.119. The average Bonchev–Trinajstić information content (AvgIpc) is 2.62. The van der Waals surface area contributed by atoms with Crippen molar-refractivity contribution >= 4 is 22.6 Å². The Morgan fingerprint density at radius 1 is 0.852 bits per heavy atom. The molecule has 27 heavy (non-hydrogen) atoms. The summed E-state index contributed by atoms with van der Waals surface area (Å²) in [5, 5.41) is 3.16. The molecule has 3 rings (SSSR count). The third kappa shape index (κ3) is 3.85. The first-order chi connectivity index (χ1) is 12.8. The van der Waals surface area contributed by atoms with Gasteiger partial charge >= 0.3 is 0 Å². The van der Waals surface area contributed by atoms with E-state index in [9.17, 15) is 4.79 Å². The lowest BCUT2D eigenvalue weighted by atomic mass is 9.92. The number of benzene rings is 2. The number of aromatic nitrogens is 2. The molecule has 1 heterocycles. The van der Waals surface area contributed by atoms with Gasteiger partial charge in [-0.3, -0.25) is 4.79 Å². The van der Waals surface area contributed by atoms with Gasteiger partial charge in [-0.05, 0) is 55.0 Å². The average molecular weight is 361 g/mol. The lowest BCUT2D eigenvalue weighted by molar-refractivity contribution is 0.102. The summed E-state index contributed by atoms with van der Waals surface area (Å²) < 4.78 is 0. The highest BCUT2D eigenvalue weighted by Crippen LogP contribution is 2.32. The number of para-hydroxylation sites is 1. The minimum atomic E-state index is -0.119. The molecule has 0 atom stereocenters. The second kappa shape index (κ2) is 7.47. The Kier molecular flexibility index (Phi) is 5.26. The number of hydrogen-bond donors (Lipinski definition) is 1. The second-order valence-corrected chi connectivity index (χ2v) is 7.67. The molecule has 0 radical (unpaired) electrons. The van der Waals surface area contributed by atoms with Crippen molar-refractivity contribution in [2.45, 2.75) is 53.4 Å². The van der Waals surface area contributed by atoms with Gasteiger partial charge in [0.05, 0.1) is 22.4 Å². The molecule has 0 aliphatic heterocycles. The lowest BCUT2D eigenvalue weighted by Crippen LogP contribution is -2.16. The van der Waals surface area contributed by atoms with Crippen LogP contribution in [0.2, 0.25) is 0 Å². The molecule has 0 bridgehead atoms. The van der Waals surface area contributed by atoms with E-state index in [1.54, 1.807) is 0 Å². The van der Waals surface area contributed by atoms with Gasteiger partial charge in [0.25, 0.3) is 5.91 Å². The molecule has 3 aromatic rings. The molecule has 140 valence electrons. The fourth-order valence-corrected chi connectivity index (χ4v) is 3.25. The third-order valence-electron chi connectivity index (χ3n) is 4.95. The first-order valence-electron chi connectivity index (χ1n) is 9.47. The molecule has 0 spiro atoms. The van der Waals surface area contributed by atoms with Crippen LogP contribution < -0.4 is 5.32 Å². The van der Waals surface area contributed by atoms with Gasteiger partial charge in [-0.15, -0.1) is 0 Å². The SMILES string of the molecule is Cc1nc2ccc(C(=O)Nc3c(C(C)C)cccc3C(C)C)cc2nc1C. The normalized spacial score (nSPS) is 11.4. The van der Waals surface area contributed by atoms with E-state index in [-0.39, 0.29) is 5.91 Å². The maximum absolute atomic E-state index is 13.0. The maximum atomic E-state index is 13.0. The Bertz CT molecular complexity index is 980. The van der Waals surface area contributed by atoms with Crippen molar-refractivity contribution in [3.8, 4) is 0 Å². The summed E-state index contributed by atoms with van der Waals surface area (Å²) in [5.41, 5.74) is 7.17. The van der Waals surface area contributed by atoms with Crippen LogP contribution in [-0.4, -0.2) is 15.9 Å². The Morgan fingerprint density at radius 3 is 1.96 bits per heavy atom. The highest BCUT2D eigenvalue weighted by molar-refractivity contribution is 6.06. The minimum Gasteiger partial charge on any atom is -0.321 e. The van der Waals surface area contributed by atoms with E-state index in [4.69, 9.17) is 0 Å². The Hall–Kier alpha value is -2.75. The van der Waals surface area contributed by atoms with E-state index < -0.39 is 0 Å². The maximum Gasteiger partial charge on any atom is 0.255 e. The van der Waals surface area contributed by atoms with Gasteiger partial charge in [-0.25, -0.2) is 9.97 Å². The van der Waals surface area contributed by atoms with Crippen LogP contribution in [0.25, 0.3) is 11.0 Å². The van der Waals surface area contributed by atoms with Crippen molar-refractivity contribution < 1.29 is 4.79 Å². The number of nitrogens with one attached hydrogen (secondary N) is 1. The van der Waals surface area contributed by atoms with Gasteiger partial charge < -0.3 is 5.32 Å². The van der Waals surface area contributed by atoms with Crippen LogP contribution in [0.4, 0.5) is 5.69 Å². The van der Waals surface area contributed by atoms with E-state index in [1.807, 2.05) is 32.0 Å². The second-order valence-electron chi connectivity index (χ2n) is 7.67. The number of nitrogens with zero attached hydrogens (tertiary/aromatic N) is 2. The van der Waals surface area contributed by atoms with Crippen molar-refractivity contribution in [3.63, 3.8) is 0 Å². The van der Waals surface area contributed by atoms with Crippen LogP contribution in [0.15, 0.2) is 36.4 Å². The molecular weight excluding hydrogens is 334 g/mol. The molecule has 1 amide bonds. The van der Waals surface area contributed by atoms with Crippen molar-refractivity contribution in [1.82, 2.24) is 9.97 Å². The number of anilines is 1. The van der Waals surface area contributed by atoms with E-state index in [2.05, 4.69) is 61.2 Å². The van der Waals surface area contributed by atoms with Gasteiger partial charge in [0, 0.05) is 11.3 Å². The fraction of sp³-hybridized carbons (Fsp3) is 0.348. The molecule has 4 nitrogen and oxygen atoms in total. The molecule has 0 saturated heterocycles. The summed E-state index contributed by atoms with van der Waals surface area (Å²) in [7, 11) is 0. The summed E-state index contributed by atoms with van der Waals surface area (Å²) in [6.45, 7) is 12.5. The fourth-order valence-electron chi connectivity index (χ4n) is 3.25. The summed E-state index contributed by atoms with van der Waals surface area (Å²) in [4.78, 5) is 22.1. The van der Waals surface area contributed by atoms with Crippen LogP contribution >= 0.6 is 0 Å². The number of aryl methyl sites for hydroxylation is 2. The van der Waals surface area contributed by atoms with Crippen molar-refractivity contribution in [3.05, 3.63) is 64.5 Å². The summed E-state index contributed by atoms with van der Waals surface area (Å²) in [6.07, 6.45) is 0. The highest BCUT2D eigenvalue weighted by atomic mass is 16.1. The monoisotopic (exact) mass is 361 g/mol. The standard InChI is InChI=1S/C23H27N3O/c1-13(2)18-8-7-9-19(14(3)4)22(18)26-23(27)17-10-11-20-21(12-17)25-16(6)15(5)24-20/h7-14H,1-6H3,(H,26,27). The zero-order valence-electron chi connectivity index (χ0n) is 16.9. The van der Waals surface area contributed by atoms with Crippen LogP contribution in [0.3, 0.4) is 0 Å². The quantitative estimate of drug-likeness (QED) is 0.644. The number of hydrogen-bond acceptors (Lipinski definition) is 3. The predicted octanol–water partition coefficient (Wildman–Crippen LogP) is 5.75. The first-order valence-corrected chi connectivity index (χ1v) is 9.47. The molecule has 0 unspecified atom stereocenters. The van der Waals surface area contributed by atoms with E-state index >= 15 is 0 Å².